The van der Waals surface area contributed by atoms with E-state index < -0.39 is 0 Å². The zero-order valence-corrected chi connectivity index (χ0v) is 11.3. The fourth-order valence-corrected chi connectivity index (χ4v) is 2.23. The number of carbonyl (C=O) groups is 2. The van der Waals surface area contributed by atoms with Gasteiger partial charge < -0.3 is 15.1 Å². The predicted molar refractivity (Wildman–Crippen MR) is 69.1 cm³/mol. The Hall–Kier alpha value is -1.52. The first-order chi connectivity index (χ1) is 8.37. The molecule has 2 rings (SSSR count). The Labute approximate surface area is 108 Å². The van der Waals surface area contributed by atoms with Crippen LogP contribution in [0.5, 0.6) is 0 Å². The largest absolute Gasteiger partial charge is 0.336 e. The zero-order chi connectivity index (χ0) is 13.3. The van der Waals surface area contributed by atoms with E-state index in [1.54, 1.807) is 6.08 Å². The quantitative estimate of drug-likeness (QED) is 0.702. The van der Waals surface area contributed by atoms with Gasteiger partial charge in [0, 0.05) is 26.2 Å². The Balaban J connectivity index is 1.94. The van der Waals surface area contributed by atoms with Crippen LogP contribution in [0.1, 0.15) is 20.8 Å². The molecule has 0 aliphatic carbocycles. The highest BCUT2D eigenvalue weighted by Gasteiger charge is 2.36. The average Bonchev–Trinajstić information content (AvgIpc) is 2.66. The topological polar surface area (TPSA) is 52.7 Å². The second-order valence-electron chi connectivity index (χ2n) is 6.02. The number of amides is 3. The maximum Gasteiger partial charge on any atom is 0.317 e. The van der Waals surface area contributed by atoms with E-state index in [-0.39, 0.29) is 23.4 Å². The number of nitrogens with one attached hydrogen (secondary N) is 1. The van der Waals surface area contributed by atoms with E-state index in [1.807, 2.05) is 15.9 Å². The normalized spacial score (nSPS) is 24.4. The smallest absolute Gasteiger partial charge is 0.317 e. The zero-order valence-electron chi connectivity index (χ0n) is 11.3. The van der Waals surface area contributed by atoms with Gasteiger partial charge in [-0.3, -0.25) is 4.79 Å². The van der Waals surface area contributed by atoms with Crippen molar-refractivity contribution in [3.8, 4) is 0 Å². The maximum atomic E-state index is 12.0. The molecule has 2 aliphatic heterocycles. The summed E-state index contributed by atoms with van der Waals surface area (Å²) in [6, 6.07) is 0.135. The Bertz CT molecular complexity index is 384. The SMILES string of the molecule is CC(C)(C)/C=C\C(=O)N1CCN2C(=O)NC[C@@H]2C1. The van der Waals surface area contributed by atoms with Gasteiger partial charge in [0.05, 0.1) is 6.04 Å². The van der Waals surface area contributed by atoms with Gasteiger partial charge in [-0.1, -0.05) is 26.8 Å². The number of fused-ring (bicyclic) bond motifs is 1. The summed E-state index contributed by atoms with van der Waals surface area (Å²) in [5.74, 6) is 0.0453. The molecule has 0 unspecified atom stereocenters. The molecule has 100 valence electrons. The van der Waals surface area contributed by atoms with Crippen molar-refractivity contribution in [2.24, 2.45) is 5.41 Å². The van der Waals surface area contributed by atoms with Gasteiger partial charge in [0.2, 0.25) is 5.91 Å². The molecule has 0 aromatic carbocycles. The minimum Gasteiger partial charge on any atom is -0.336 e. The predicted octanol–water partition coefficient (Wildman–Crippen LogP) is 0.825. The second-order valence-corrected chi connectivity index (χ2v) is 6.02. The number of rotatable bonds is 1. The second kappa shape index (κ2) is 4.63. The maximum absolute atomic E-state index is 12.0. The standard InChI is InChI=1S/C13H21N3O2/c1-13(2,3)5-4-11(17)15-6-7-16-10(9-15)8-14-12(16)18/h4-5,10H,6-9H2,1-3H3,(H,14,18)/b5-4-/t10-/m1/s1. The lowest BCUT2D eigenvalue weighted by molar-refractivity contribution is -0.128. The summed E-state index contributed by atoms with van der Waals surface area (Å²) in [4.78, 5) is 27.1. The molecule has 18 heavy (non-hydrogen) atoms. The number of hydrogen-bond acceptors (Lipinski definition) is 2. The highest BCUT2D eigenvalue weighted by Crippen LogP contribution is 2.17. The Morgan fingerprint density at radius 3 is 2.78 bits per heavy atom. The number of piperazine rings is 1. The molecule has 0 spiro atoms. The highest BCUT2D eigenvalue weighted by molar-refractivity contribution is 5.88. The highest BCUT2D eigenvalue weighted by atomic mass is 16.2. The van der Waals surface area contributed by atoms with Crippen molar-refractivity contribution in [3.05, 3.63) is 12.2 Å². The molecule has 1 atom stereocenters. The van der Waals surface area contributed by atoms with E-state index in [9.17, 15) is 9.59 Å². The summed E-state index contributed by atoms with van der Waals surface area (Å²) in [7, 11) is 0. The average molecular weight is 251 g/mol. The summed E-state index contributed by atoms with van der Waals surface area (Å²) in [5.41, 5.74) is 0.0162. The van der Waals surface area contributed by atoms with Gasteiger partial charge >= 0.3 is 6.03 Å². The van der Waals surface area contributed by atoms with Crippen LogP contribution in [-0.4, -0.2) is 54.0 Å². The van der Waals surface area contributed by atoms with Crippen LogP contribution < -0.4 is 5.32 Å². The summed E-state index contributed by atoms with van der Waals surface area (Å²) >= 11 is 0. The lowest BCUT2D eigenvalue weighted by Crippen LogP contribution is -2.53. The molecule has 1 N–H and O–H groups in total. The van der Waals surface area contributed by atoms with E-state index in [4.69, 9.17) is 0 Å². The summed E-state index contributed by atoms with van der Waals surface area (Å²) in [6.45, 7) is 8.72. The van der Waals surface area contributed by atoms with Gasteiger partial charge in [-0.05, 0) is 11.5 Å². The molecular formula is C13H21N3O2. The van der Waals surface area contributed by atoms with Crippen LogP contribution >= 0.6 is 0 Å². The minimum absolute atomic E-state index is 0.00247. The van der Waals surface area contributed by atoms with Crippen molar-refractivity contribution in [1.82, 2.24) is 15.1 Å². The molecule has 0 bridgehead atoms. The van der Waals surface area contributed by atoms with Gasteiger partial charge in [-0.25, -0.2) is 4.79 Å². The first-order valence-corrected chi connectivity index (χ1v) is 6.39. The fourth-order valence-electron chi connectivity index (χ4n) is 2.23. The third kappa shape index (κ3) is 2.83. The fraction of sp³-hybridized carbons (Fsp3) is 0.692. The molecule has 2 saturated heterocycles. The Kier molecular flexibility index (Phi) is 3.32. The molecule has 0 aromatic rings. The van der Waals surface area contributed by atoms with Gasteiger partial charge in [-0.2, -0.15) is 0 Å². The van der Waals surface area contributed by atoms with E-state index in [0.717, 1.165) is 0 Å². The molecular weight excluding hydrogens is 230 g/mol. The Morgan fingerprint density at radius 2 is 2.11 bits per heavy atom. The molecule has 0 aromatic heterocycles. The number of hydrogen-bond donors (Lipinski definition) is 1. The monoisotopic (exact) mass is 251 g/mol. The molecule has 3 amide bonds. The number of allylic oxidation sites excluding steroid dienone is 1. The first kappa shape index (κ1) is 12.9. The van der Waals surface area contributed by atoms with Crippen molar-refractivity contribution in [1.29, 1.82) is 0 Å². The number of carbonyl (C=O) groups excluding carboxylic acids is 2. The number of urea groups is 1. The van der Waals surface area contributed by atoms with Crippen molar-refractivity contribution < 1.29 is 9.59 Å². The molecule has 0 radical (unpaired) electrons. The van der Waals surface area contributed by atoms with Crippen LogP contribution in [0.2, 0.25) is 0 Å². The number of nitrogens with zero attached hydrogens (tertiary/aromatic N) is 2. The van der Waals surface area contributed by atoms with Gasteiger partial charge in [-0.15, -0.1) is 0 Å². The lowest BCUT2D eigenvalue weighted by atomic mass is 9.96. The van der Waals surface area contributed by atoms with Crippen molar-refractivity contribution >= 4 is 11.9 Å². The lowest BCUT2D eigenvalue weighted by Gasteiger charge is -2.36. The van der Waals surface area contributed by atoms with Crippen LogP contribution in [0.3, 0.4) is 0 Å². The van der Waals surface area contributed by atoms with E-state index in [2.05, 4.69) is 26.1 Å². The summed E-state index contributed by atoms with van der Waals surface area (Å²) in [6.07, 6.45) is 3.58. The third-order valence-corrected chi connectivity index (χ3v) is 3.27. The molecule has 0 saturated carbocycles. The van der Waals surface area contributed by atoms with E-state index >= 15 is 0 Å². The molecule has 2 aliphatic rings. The molecule has 2 fully saturated rings. The van der Waals surface area contributed by atoms with Crippen molar-refractivity contribution in [3.63, 3.8) is 0 Å². The third-order valence-electron chi connectivity index (χ3n) is 3.27. The van der Waals surface area contributed by atoms with Crippen molar-refractivity contribution in [2.75, 3.05) is 26.2 Å². The van der Waals surface area contributed by atoms with Gasteiger partial charge in [0.25, 0.3) is 0 Å². The van der Waals surface area contributed by atoms with Gasteiger partial charge in [0.1, 0.15) is 0 Å². The van der Waals surface area contributed by atoms with E-state index in [1.165, 1.54) is 0 Å². The van der Waals surface area contributed by atoms with Crippen LogP contribution in [0.15, 0.2) is 12.2 Å². The molecule has 5 heteroatoms. The molecule has 5 nitrogen and oxygen atoms in total. The van der Waals surface area contributed by atoms with Crippen molar-refractivity contribution in [2.45, 2.75) is 26.8 Å². The van der Waals surface area contributed by atoms with Crippen LogP contribution in [0.4, 0.5) is 4.79 Å². The van der Waals surface area contributed by atoms with E-state index in [0.29, 0.717) is 26.2 Å². The van der Waals surface area contributed by atoms with Crippen LogP contribution in [0, 0.1) is 5.41 Å². The Morgan fingerprint density at radius 1 is 1.39 bits per heavy atom. The minimum atomic E-state index is -0.00247. The summed E-state index contributed by atoms with van der Waals surface area (Å²) in [5, 5.41) is 2.81. The summed E-state index contributed by atoms with van der Waals surface area (Å²) < 4.78 is 0. The molecule has 2 heterocycles. The van der Waals surface area contributed by atoms with Crippen LogP contribution in [0.25, 0.3) is 0 Å². The van der Waals surface area contributed by atoms with Crippen LogP contribution in [-0.2, 0) is 4.79 Å². The van der Waals surface area contributed by atoms with Gasteiger partial charge in [0.15, 0.2) is 0 Å². The first-order valence-electron chi connectivity index (χ1n) is 6.39.